The Kier molecular flexibility index (Phi) is 7.52. The second-order valence-electron chi connectivity index (χ2n) is 8.17. The molecule has 35 heavy (non-hydrogen) atoms. The van der Waals surface area contributed by atoms with Crippen molar-refractivity contribution < 1.29 is 23.1 Å². The summed E-state index contributed by atoms with van der Waals surface area (Å²) in [7, 11) is 0. The molecule has 1 amide bonds. The Morgan fingerprint density at radius 1 is 0.943 bits per heavy atom. The first-order valence-corrected chi connectivity index (χ1v) is 11.8. The molecule has 1 unspecified atom stereocenters. The van der Waals surface area contributed by atoms with Gasteiger partial charge in [0.15, 0.2) is 6.10 Å². The van der Waals surface area contributed by atoms with E-state index in [2.05, 4.69) is 0 Å². The van der Waals surface area contributed by atoms with Crippen molar-refractivity contribution in [2.24, 2.45) is 0 Å². The molecular weight excluding hydrogens is 524 g/mol. The van der Waals surface area contributed by atoms with E-state index in [1.807, 2.05) is 17.0 Å². The summed E-state index contributed by atoms with van der Waals surface area (Å²) in [6, 6.07) is 16.1. The highest BCUT2D eigenvalue weighted by atomic mass is 35.5. The fraction of sp³-hybridized carbons (Fsp3) is 0.240. The predicted molar refractivity (Wildman–Crippen MR) is 131 cm³/mol. The van der Waals surface area contributed by atoms with Crippen molar-refractivity contribution >= 4 is 46.4 Å². The third-order valence-electron chi connectivity index (χ3n) is 5.93. The van der Waals surface area contributed by atoms with Gasteiger partial charge in [-0.3, -0.25) is 4.79 Å². The number of alkyl halides is 3. The van der Waals surface area contributed by atoms with Crippen LogP contribution in [0.3, 0.4) is 0 Å². The normalized spacial score (nSPS) is 17.4. The summed E-state index contributed by atoms with van der Waals surface area (Å²) < 4.78 is 39.3. The van der Waals surface area contributed by atoms with Gasteiger partial charge in [0.2, 0.25) is 0 Å². The van der Waals surface area contributed by atoms with E-state index in [0.29, 0.717) is 21.6 Å². The molecule has 0 aliphatic carbocycles. The zero-order chi connectivity index (χ0) is 25.3. The summed E-state index contributed by atoms with van der Waals surface area (Å²) in [5.74, 6) is -0.676. The standard InChI is InChI=1S/C25H20Cl3F3N2O2/c26-18-6-4-15(5-7-18)22-14-32(10-11-33(22)21-9-8-19(27)13-20(21)28)24(35)23(34)16-2-1-3-17(12-16)25(29,30)31/h1-9,12-13,22-23,34H,10-11,14H2/t22-,23?/m0/s1. The minimum Gasteiger partial charge on any atom is -0.378 e. The maximum atomic E-state index is 13.2. The molecule has 1 aliphatic rings. The first kappa shape index (κ1) is 25.6. The SMILES string of the molecule is O=C(C(O)c1cccc(C(F)(F)F)c1)N1CCN(c2ccc(Cl)cc2Cl)[C@H](c2ccc(Cl)cc2)C1. The van der Waals surface area contributed by atoms with Gasteiger partial charge >= 0.3 is 6.18 Å². The summed E-state index contributed by atoms with van der Waals surface area (Å²) in [6.45, 7) is 0.781. The average molecular weight is 544 g/mol. The van der Waals surface area contributed by atoms with E-state index < -0.39 is 23.8 Å². The van der Waals surface area contributed by atoms with Crippen LogP contribution in [0.5, 0.6) is 0 Å². The van der Waals surface area contributed by atoms with Gasteiger partial charge in [-0.2, -0.15) is 13.2 Å². The molecule has 10 heteroatoms. The number of halogens is 6. The fourth-order valence-corrected chi connectivity index (χ4v) is 4.80. The molecule has 0 radical (unpaired) electrons. The highest BCUT2D eigenvalue weighted by molar-refractivity contribution is 6.36. The molecule has 3 aromatic carbocycles. The van der Waals surface area contributed by atoms with Crippen LogP contribution in [0.4, 0.5) is 18.9 Å². The second-order valence-corrected chi connectivity index (χ2v) is 9.45. The maximum absolute atomic E-state index is 13.2. The van der Waals surface area contributed by atoms with Crippen molar-refractivity contribution in [3.63, 3.8) is 0 Å². The zero-order valence-corrected chi connectivity index (χ0v) is 20.4. The Labute approximate surface area is 215 Å². The van der Waals surface area contributed by atoms with Gasteiger partial charge in [-0.1, -0.05) is 59.1 Å². The minimum atomic E-state index is -4.58. The van der Waals surface area contributed by atoms with Crippen molar-refractivity contribution in [1.82, 2.24) is 4.90 Å². The molecule has 0 saturated carbocycles. The van der Waals surface area contributed by atoms with Crippen LogP contribution in [0.15, 0.2) is 66.7 Å². The van der Waals surface area contributed by atoms with Crippen molar-refractivity contribution in [3.05, 3.63) is 98.5 Å². The van der Waals surface area contributed by atoms with Crippen LogP contribution < -0.4 is 4.90 Å². The number of piperazine rings is 1. The number of aliphatic hydroxyl groups is 1. The first-order chi connectivity index (χ1) is 16.5. The van der Waals surface area contributed by atoms with Gasteiger partial charge < -0.3 is 14.9 Å². The fourth-order valence-electron chi connectivity index (χ4n) is 4.16. The summed E-state index contributed by atoms with van der Waals surface area (Å²) >= 11 is 18.6. The van der Waals surface area contributed by atoms with Crippen molar-refractivity contribution in [1.29, 1.82) is 0 Å². The largest absolute Gasteiger partial charge is 0.416 e. The van der Waals surface area contributed by atoms with Crippen LogP contribution in [0.2, 0.25) is 15.1 Å². The van der Waals surface area contributed by atoms with Crippen molar-refractivity contribution in [2.75, 3.05) is 24.5 Å². The molecule has 0 aromatic heterocycles. The Hall–Kier alpha value is -2.45. The lowest BCUT2D eigenvalue weighted by atomic mass is 9.99. The van der Waals surface area contributed by atoms with E-state index >= 15 is 0 Å². The number of hydrogen-bond acceptors (Lipinski definition) is 3. The molecule has 184 valence electrons. The number of carbonyl (C=O) groups is 1. The monoisotopic (exact) mass is 542 g/mol. The van der Waals surface area contributed by atoms with E-state index in [9.17, 15) is 23.1 Å². The molecule has 1 saturated heterocycles. The van der Waals surface area contributed by atoms with Crippen LogP contribution in [0.1, 0.15) is 28.8 Å². The molecule has 3 aromatic rings. The lowest BCUT2D eigenvalue weighted by Crippen LogP contribution is -2.51. The highest BCUT2D eigenvalue weighted by Crippen LogP contribution is 2.37. The predicted octanol–water partition coefficient (Wildman–Crippen LogP) is 6.79. The van der Waals surface area contributed by atoms with Gasteiger partial charge in [0.1, 0.15) is 0 Å². The van der Waals surface area contributed by atoms with Crippen LogP contribution in [0, 0.1) is 0 Å². The number of anilines is 1. The number of rotatable bonds is 4. The lowest BCUT2D eigenvalue weighted by molar-refractivity contribution is -0.142. The molecule has 0 bridgehead atoms. The number of carbonyl (C=O) groups excluding carboxylic acids is 1. The average Bonchev–Trinajstić information content (AvgIpc) is 2.83. The molecule has 4 rings (SSSR count). The minimum absolute atomic E-state index is 0.115. The topological polar surface area (TPSA) is 43.8 Å². The Morgan fingerprint density at radius 2 is 1.63 bits per heavy atom. The Morgan fingerprint density at radius 3 is 2.29 bits per heavy atom. The summed E-state index contributed by atoms with van der Waals surface area (Å²) in [5, 5.41) is 12.1. The van der Waals surface area contributed by atoms with Gasteiger partial charge in [0.05, 0.1) is 22.3 Å². The van der Waals surface area contributed by atoms with Crippen molar-refractivity contribution in [3.8, 4) is 0 Å². The number of hydrogen-bond donors (Lipinski definition) is 1. The molecule has 4 nitrogen and oxygen atoms in total. The Balaban J connectivity index is 1.62. The van der Waals surface area contributed by atoms with Gasteiger partial charge in [-0.05, 0) is 53.6 Å². The number of benzene rings is 3. The van der Waals surface area contributed by atoms with Crippen molar-refractivity contribution in [2.45, 2.75) is 18.3 Å². The third-order valence-corrected chi connectivity index (χ3v) is 6.72. The van der Waals surface area contributed by atoms with Gasteiger partial charge in [-0.15, -0.1) is 0 Å². The summed E-state index contributed by atoms with van der Waals surface area (Å²) in [5.41, 5.74) is 0.534. The smallest absolute Gasteiger partial charge is 0.378 e. The van der Waals surface area contributed by atoms with E-state index in [1.54, 1.807) is 30.3 Å². The third kappa shape index (κ3) is 5.70. The number of aliphatic hydroxyl groups excluding tert-OH is 1. The van der Waals surface area contributed by atoms with Crippen LogP contribution in [-0.4, -0.2) is 35.5 Å². The summed E-state index contributed by atoms with van der Waals surface area (Å²) in [6.07, 6.45) is -6.31. The van der Waals surface area contributed by atoms with Crippen LogP contribution >= 0.6 is 34.8 Å². The second kappa shape index (κ2) is 10.3. The number of amides is 1. The van der Waals surface area contributed by atoms with Gasteiger partial charge in [-0.25, -0.2) is 0 Å². The van der Waals surface area contributed by atoms with E-state index in [4.69, 9.17) is 34.8 Å². The molecule has 1 aliphatic heterocycles. The number of nitrogens with zero attached hydrogens (tertiary/aromatic N) is 2. The van der Waals surface area contributed by atoms with E-state index in [1.165, 1.54) is 17.0 Å². The molecule has 1 N–H and O–H groups in total. The molecule has 1 fully saturated rings. The Bertz CT molecular complexity index is 1220. The van der Waals surface area contributed by atoms with E-state index in [-0.39, 0.29) is 24.7 Å². The first-order valence-electron chi connectivity index (χ1n) is 10.7. The van der Waals surface area contributed by atoms with Crippen LogP contribution in [0.25, 0.3) is 0 Å². The van der Waals surface area contributed by atoms with Crippen LogP contribution in [-0.2, 0) is 11.0 Å². The lowest BCUT2D eigenvalue weighted by Gasteiger charge is -2.44. The highest BCUT2D eigenvalue weighted by Gasteiger charge is 2.36. The maximum Gasteiger partial charge on any atom is 0.416 e. The molecule has 0 spiro atoms. The molecule has 1 heterocycles. The van der Waals surface area contributed by atoms with E-state index in [0.717, 1.165) is 23.4 Å². The summed E-state index contributed by atoms with van der Waals surface area (Å²) in [4.78, 5) is 16.6. The van der Waals surface area contributed by atoms with Gasteiger partial charge in [0.25, 0.3) is 5.91 Å². The van der Waals surface area contributed by atoms with Gasteiger partial charge in [0, 0.05) is 29.7 Å². The molecular formula is C25H20Cl3F3N2O2. The molecule has 2 atom stereocenters. The quantitative estimate of drug-likeness (QED) is 0.394. The zero-order valence-electron chi connectivity index (χ0n) is 18.1.